The van der Waals surface area contributed by atoms with Gasteiger partial charge >= 0.3 is 5.97 Å². The number of nitrogens with zero attached hydrogens (tertiary/aromatic N) is 1. The number of carbonyl (C=O) groups is 3. The molecule has 1 N–H and O–H groups in total. The fourth-order valence-corrected chi connectivity index (χ4v) is 3.90. The van der Waals surface area contributed by atoms with Crippen molar-refractivity contribution in [2.75, 3.05) is 18.5 Å². The molecule has 2 fully saturated rings. The summed E-state index contributed by atoms with van der Waals surface area (Å²) in [5.41, 5.74) is 1.46. The zero-order chi connectivity index (χ0) is 18.7. The highest BCUT2D eigenvalue weighted by Crippen LogP contribution is 2.30. The van der Waals surface area contributed by atoms with E-state index in [1.165, 1.54) is 0 Å². The minimum atomic E-state index is -0.496. The van der Waals surface area contributed by atoms with Gasteiger partial charge in [-0.25, -0.2) is 0 Å². The van der Waals surface area contributed by atoms with Crippen LogP contribution in [0.25, 0.3) is 0 Å². The molecule has 1 aliphatic heterocycles. The molecule has 0 bridgehead atoms. The Morgan fingerprint density at radius 1 is 1.31 bits per heavy atom. The third-order valence-electron chi connectivity index (χ3n) is 5.00. The van der Waals surface area contributed by atoms with E-state index < -0.39 is 24.4 Å². The van der Waals surface area contributed by atoms with Gasteiger partial charge in [-0.15, -0.1) is 0 Å². The zero-order valence-corrected chi connectivity index (χ0v) is 15.6. The van der Waals surface area contributed by atoms with E-state index in [9.17, 15) is 14.4 Å². The van der Waals surface area contributed by atoms with Gasteiger partial charge in [-0.05, 0) is 37.5 Å². The van der Waals surface area contributed by atoms with Crippen LogP contribution < -0.4 is 5.32 Å². The number of esters is 1. The summed E-state index contributed by atoms with van der Waals surface area (Å²) in [5, 5.41) is 3.05. The van der Waals surface area contributed by atoms with E-state index in [2.05, 4.69) is 5.32 Å². The molecule has 1 heterocycles. The molecule has 6 nitrogen and oxygen atoms in total. The Morgan fingerprint density at radius 2 is 2.04 bits per heavy atom. The normalized spacial score (nSPS) is 20.5. The molecule has 7 heteroatoms. The molecule has 1 aromatic carbocycles. The first kappa shape index (κ1) is 18.7. The van der Waals surface area contributed by atoms with Crippen molar-refractivity contribution >= 4 is 35.1 Å². The van der Waals surface area contributed by atoms with Crippen molar-refractivity contribution in [1.29, 1.82) is 0 Å². The van der Waals surface area contributed by atoms with Gasteiger partial charge in [0.15, 0.2) is 6.61 Å². The second-order valence-electron chi connectivity index (χ2n) is 7.02. The monoisotopic (exact) mass is 378 g/mol. The Morgan fingerprint density at radius 3 is 2.73 bits per heavy atom. The van der Waals surface area contributed by atoms with Crippen molar-refractivity contribution in [3.8, 4) is 0 Å². The van der Waals surface area contributed by atoms with E-state index in [0.29, 0.717) is 17.3 Å². The number of aryl methyl sites for hydroxylation is 1. The number of ether oxygens (including phenoxy) is 1. The molecule has 1 saturated carbocycles. The van der Waals surface area contributed by atoms with Crippen molar-refractivity contribution in [3.63, 3.8) is 0 Å². The zero-order valence-electron chi connectivity index (χ0n) is 14.8. The number of amides is 2. The summed E-state index contributed by atoms with van der Waals surface area (Å²) in [6.45, 7) is 1.90. The largest absolute Gasteiger partial charge is 0.455 e. The molecule has 26 heavy (non-hydrogen) atoms. The standard InChI is InChI=1S/C19H23ClN2O4/c1-12-6-7-16(15(20)8-12)21-17(23)11-26-19(25)13-9-18(24)22(10-13)14-4-2-3-5-14/h6-8,13-14H,2-5,9-11H2,1H3,(H,21,23)/t13-/m0/s1. The average Bonchev–Trinajstić information content (AvgIpc) is 3.24. The van der Waals surface area contributed by atoms with Crippen LogP contribution in [0.15, 0.2) is 18.2 Å². The smallest absolute Gasteiger partial charge is 0.311 e. The first-order valence-corrected chi connectivity index (χ1v) is 9.34. The second kappa shape index (κ2) is 8.08. The fraction of sp³-hybridized carbons (Fsp3) is 0.526. The number of hydrogen-bond donors (Lipinski definition) is 1. The van der Waals surface area contributed by atoms with Crippen LogP contribution in [0.2, 0.25) is 5.02 Å². The van der Waals surface area contributed by atoms with Crippen LogP contribution >= 0.6 is 11.6 Å². The third-order valence-corrected chi connectivity index (χ3v) is 5.31. The highest BCUT2D eigenvalue weighted by atomic mass is 35.5. The molecule has 0 spiro atoms. The van der Waals surface area contributed by atoms with E-state index in [1.54, 1.807) is 12.1 Å². The van der Waals surface area contributed by atoms with Gasteiger partial charge in [0.05, 0.1) is 16.6 Å². The van der Waals surface area contributed by atoms with Gasteiger partial charge in [0.2, 0.25) is 5.91 Å². The number of hydrogen-bond acceptors (Lipinski definition) is 4. The maximum Gasteiger partial charge on any atom is 0.311 e. The van der Waals surface area contributed by atoms with E-state index in [-0.39, 0.29) is 18.4 Å². The predicted molar refractivity (Wildman–Crippen MR) is 97.9 cm³/mol. The van der Waals surface area contributed by atoms with Crippen LogP contribution in [0.4, 0.5) is 5.69 Å². The van der Waals surface area contributed by atoms with E-state index >= 15 is 0 Å². The van der Waals surface area contributed by atoms with Gasteiger partial charge in [-0.1, -0.05) is 30.5 Å². The molecular formula is C19H23ClN2O4. The van der Waals surface area contributed by atoms with Gasteiger partial charge in [-0.2, -0.15) is 0 Å². The molecule has 0 radical (unpaired) electrons. The first-order chi connectivity index (χ1) is 12.4. The summed E-state index contributed by atoms with van der Waals surface area (Å²) in [7, 11) is 0. The summed E-state index contributed by atoms with van der Waals surface area (Å²) in [6, 6.07) is 5.53. The second-order valence-corrected chi connectivity index (χ2v) is 7.43. The lowest BCUT2D eigenvalue weighted by Gasteiger charge is -2.23. The van der Waals surface area contributed by atoms with Crippen molar-refractivity contribution in [3.05, 3.63) is 28.8 Å². The van der Waals surface area contributed by atoms with Crippen molar-refractivity contribution in [1.82, 2.24) is 4.90 Å². The average molecular weight is 379 g/mol. The number of rotatable bonds is 5. The topological polar surface area (TPSA) is 75.7 Å². The van der Waals surface area contributed by atoms with Gasteiger partial charge in [-0.3, -0.25) is 14.4 Å². The van der Waals surface area contributed by atoms with Crippen molar-refractivity contribution in [2.45, 2.75) is 45.1 Å². The Labute approximate surface area is 157 Å². The highest BCUT2D eigenvalue weighted by molar-refractivity contribution is 6.33. The number of likely N-dealkylation sites (tertiary alicyclic amines) is 1. The van der Waals surface area contributed by atoms with E-state index in [4.69, 9.17) is 16.3 Å². The number of anilines is 1. The minimum Gasteiger partial charge on any atom is -0.455 e. The SMILES string of the molecule is Cc1ccc(NC(=O)COC(=O)[C@H]2CC(=O)N(C3CCCC3)C2)c(Cl)c1. The lowest BCUT2D eigenvalue weighted by Crippen LogP contribution is -2.35. The van der Waals surface area contributed by atoms with E-state index in [1.807, 2.05) is 17.9 Å². The van der Waals surface area contributed by atoms with Crippen LogP contribution in [0, 0.1) is 12.8 Å². The Balaban J connectivity index is 1.47. The lowest BCUT2D eigenvalue weighted by molar-refractivity contribution is -0.151. The lowest BCUT2D eigenvalue weighted by atomic mass is 10.1. The molecular weight excluding hydrogens is 356 g/mol. The Hall–Kier alpha value is -2.08. The summed E-state index contributed by atoms with van der Waals surface area (Å²) >= 11 is 6.07. The molecule has 0 unspecified atom stereocenters. The molecule has 1 saturated heterocycles. The Bertz CT molecular complexity index is 715. The number of halogens is 1. The number of carbonyl (C=O) groups excluding carboxylic acids is 3. The summed E-state index contributed by atoms with van der Waals surface area (Å²) in [5.74, 6) is -1.43. The summed E-state index contributed by atoms with van der Waals surface area (Å²) < 4.78 is 5.11. The summed E-state index contributed by atoms with van der Waals surface area (Å²) in [6.07, 6.45) is 4.44. The minimum absolute atomic E-state index is 0.00902. The fourth-order valence-electron chi connectivity index (χ4n) is 3.62. The Kier molecular flexibility index (Phi) is 5.81. The van der Waals surface area contributed by atoms with E-state index in [0.717, 1.165) is 31.2 Å². The molecule has 1 aromatic rings. The first-order valence-electron chi connectivity index (χ1n) is 8.96. The molecule has 140 valence electrons. The van der Waals surface area contributed by atoms with Gasteiger partial charge in [0.1, 0.15) is 0 Å². The number of nitrogens with one attached hydrogen (secondary N) is 1. The van der Waals surface area contributed by atoms with Gasteiger partial charge in [0, 0.05) is 19.0 Å². The molecule has 1 atom stereocenters. The molecule has 1 aliphatic carbocycles. The van der Waals surface area contributed by atoms with Crippen LogP contribution in [0.5, 0.6) is 0 Å². The van der Waals surface area contributed by atoms with Crippen LogP contribution in [-0.4, -0.2) is 41.9 Å². The van der Waals surface area contributed by atoms with Crippen LogP contribution in [0.1, 0.15) is 37.7 Å². The van der Waals surface area contributed by atoms with Gasteiger partial charge in [0.25, 0.3) is 5.91 Å². The van der Waals surface area contributed by atoms with Crippen LogP contribution in [-0.2, 0) is 19.1 Å². The maximum atomic E-state index is 12.2. The quantitative estimate of drug-likeness (QED) is 0.799. The maximum absolute atomic E-state index is 12.2. The number of benzene rings is 1. The van der Waals surface area contributed by atoms with Crippen molar-refractivity contribution < 1.29 is 19.1 Å². The van der Waals surface area contributed by atoms with Crippen molar-refractivity contribution in [2.24, 2.45) is 5.92 Å². The molecule has 2 aliphatic rings. The summed E-state index contributed by atoms with van der Waals surface area (Å²) in [4.78, 5) is 38.2. The third kappa shape index (κ3) is 4.36. The predicted octanol–water partition coefficient (Wildman–Crippen LogP) is 2.92. The molecule has 0 aromatic heterocycles. The van der Waals surface area contributed by atoms with Crippen LogP contribution in [0.3, 0.4) is 0 Å². The highest BCUT2D eigenvalue weighted by Gasteiger charge is 2.39. The van der Waals surface area contributed by atoms with Gasteiger partial charge < -0.3 is 15.0 Å². The molecule has 2 amide bonds. The molecule has 3 rings (SSSR count).